The van der Waals surface area contributed by atoms with Gasteiger partial charge in [0.2, 0.25) is 0 Å². The van der Waals surface area contributed by atoms with Gasteiger partial charge < -0.3 is 14.2 Å². The summed E-state index contributed by atoms with van der Waals surface area (Å²) in [6.45, 7) is 0. The van der Waals surface area contributed by atoms with Crippen LogP contribution in [0, 0.1) is 0 Å². The SMILES string of the molecule is COc1cc(OC)c(C2c3ccccc3C(=O)N2c2ccccc2)c(OC)c1. The van der Waals surface area contributed by atoms with Crippen molar-refractivity contribution in [3.63, 3.8) is 0 Å². The van der Waals surface area contributed by atoms with Crippen LogP contribution >= 0.6 is 0 Å². The van der Waals surface area contributed by atoms with Crippen LogP contribution in [0.1, 0.15) is 27.5 Å². The van der Waals surface area contributed by atoms with Crippen molar-refractivity contribution in [1.29, 1.82) is 0 Å². The molecule has 0 saturated carbocycles. The number of benzene rings is 3. The van der Waals surface area contributed by atoms with E-state index in [0.29, 0.717) is 22.8 Å². The smallest absolute Gasteiger partial charge is 0.259 e. The van der Waals surface area contributed by atoms with Gasteiger partial charge in [-0.3, -0.25) is 9.69 Å². The van der Waals surface area contributed by atoms with Gasteiger partial charge in [0.15, 0.2) is 0 Å². The third-order valence-corrected chi connectivity index (χ3v) is 5.02. The number of amides is 1. The predicted molar refractivity (Wildman–Crippen MR) is 108 cm³/mol. The van der Waals surface area contributed by atoms with Crippen molar-refractivity contribution in [2.75, 3.05) is 26.2 Å². The first-order valence-corrected chi connectivity index (χ1v) is 8.97. The molecule has 0 aliphatic carbocycles. The first-order valence-electron chi connectivity index (χ1n) is 8.97. The zero-order valence-electron chi connectivity index (χ0n) is 16.0. The van der Waals surface area contributed by atoms with Crippen molar-refractivity contribution in [3.8, 4) is 17.2 Å². The van der Waals surface area contributed by atoms with Gasteiger partial charge in [-0.1, -0.05) is 36.4 Å². The van der Waals surface area contributed by atoms with Crippen LogP contribution in [0.15, 0.2) is 66.7 Å². The number of rotatable bonds is 5. The lowest BCUT2D eigenvalue weighted by Crippen LogP contribution is -2.29. The summed E-state index contributed by atoms with van der Waals surface area (Å²) in [5.41, 5.74) is 3.19. The molecule has 5 nitrogen and oxygen atoms in total. The van der Waals surface area contributed by atoms with Crippen molar-refractivity contribution >= 4 is 11.6 Å². The van der Waals surface area contributed by atoms with Crippen LogP contribution in [0.2, 0.25) is 0 Å². The van der Waals surface area contributed by atoms with Gasteiger partial charge in [-0.05, 0) is 23.8 Å². The Labute approximate surface area is 164 Å². The van der Waals surface area contributed by atoms with Gasteiger partial charge in [0.1, 0.15) is 17.2 Å². The Balaban J connectivity index is 1.99. The second-order valence-corrected chi connectivity index (χ2v) is 6.45. The van der Waals surface area contributed by atoms with Crippen LogP contribution in [0.25, 0.3) is 0 Å². The summed E-state index contributed by atoms with van der Waals surface area (Å²) < 4.78 is 16.7. The molecule has 1 amide bonds. The van der Waals surface area contributed by atoms with Crippen molar-refractivity contribution < 1.29 is 19.0 Å². The number of hydrogen-bond acceptors (Lipinski definition) is 4. The summed E-state index contributed by atoms with van der Waals surface area (Å²) in [5.74, 6) is 1.78. The van der Waals surface area contributed by atoms with E-state index in [1.165, 1.54) is 0 Å². The number of carbonyl (C=O) groups is 1. The van der Waals surface area contributed by atoms with E-state index in [1.54, 1.807) is 26.2 Å². The molecule has 5 heteroatoms. The molecule has 4 rings (SSSR count). The molecule has 28 heavy (non-hydrogen) atoms. The van der Waals surface area contributed by atoms with Crippen LogP contribution in [0.3, 0.4) is 0 Å². The predicted octanol–water partition coefficient (Wildman–Crippen LogP) is 4.46. The molecule has 1 atom stereocenters. The van der Waals surface area contributed by atoms with E-state index in [2.05, 4.69) is 0 Å². The number of anilines is 1. The summed E-state index contributed by atoms with van der Waals surface area (Å²) >= 11 is 0. The van der Waals surface area contributed by atoms with Gasteiger partial charge in [0, 0.05) is 23.4 Å². The summed E-state index contributed by atoms with van der Waals surface area (Å²) in [6, 6.07) is 20.5. The Kier molecular flexibility index (Phi) is 4.65. The maximum Gasteiger partial charge on any atom is 0.259 e. The molecule has 3 aromatic rings. The summed E-state index contributed by atoms with van der Waals surface area (Å²) in [7, 11) is 4.80. The van der Waals surface area contributed by atoms with Gasteiger partial charge in [-0.15, -0.1) is 0 Å². The fraction of sp³-hybridized carbons (Fsp3) is 0.174. The molecule has 1 heterocycles. The quantitative estimate of drug-likeness (QED) is 0.660. The summed E-state index contributed by atoms with van der Waals surface area (Å²) in [4.78, 5) is 15.1. The zero-order valence-corrected chi connectivity index (χ0v) is 16.0. The number of fused-ring (bicyclic) bond motifs is 1. The molecule has 1 aliphatic heterocycles. The molecule has 0 bridgehead atoms. The van der Waals surface area contributed by atoms with Gasteiger partial charge in [0.25, 0.3) is 5.91 Å². The number of carbonyl (C=O) groups excluding carboxylic acids is 1. The Hall–Kier alpha value is -3.47. The standard InChI is InChI=1S/C23H21NO4/c1-26-16-13-19(27-2)21(20(14-16)28-3)22-17-11-7-8-12-18(17)23(25)24(22)15-9-5-4-6-10-15/h4-14,22H,1-3H3. The molecule has 0 radical (unpaired) electrons. The first kappa shape index (κ1) is 17.9. The summed E-state index contributed by atoms with van der Waals surface area (Å²) in [6.07, 6.45) is 0. The number of hydrogen-bond donors (Lipinski definition) is 0. The number of methoxy groups -OCH3 is 3. The van der Waals surface area contributed by atoms with Crippen molar-refractivity contribution in [3.05, 3.63) is 83.4 Å². The van der Waals surface area contributed by atoms with E-state index in [4.69, 9.17) is 14.2 Å². The van der Waals surface area contributed by atoms with E-state index < -0.39 is 0 Å². The van der Waals surface area contributed by atoms with Crippen molar-refractivity contribution in [2.45, 2.75) is 6.04 Å². The molecular weight excluding hydrogens is 354 g/mol. The number of ether oxygens (including phenoxy) is 3. The Bertz CT molecular complexity index is 991. The van der Waals surface area contributed by atoms with Gasteiger partial charge in [-0.25, -0.2) is 0 Å². The molecule has 0 fully saturated rings. The second kappa shape index (κ2) is 7.27. The minimum atomic E-state index is -0.373. The molecule has 1 unspecified atom stereocenters. The molecule has 0 N–H and O–H groups in total. The average Bonchev–Trinajstić information content (AvgIpc) is 3.05. The minimum Gasteiger partial charge on any atom is -0.496 e. The van der Waals surface area contributed by atoms with E-state index in [9.17, 15) is 4.79 Å². The van der Waals surface area contributed by atoms with Crippen molar-refractivity contribution in [1.82, 2.24) is 0 Å². The van der Waals surface area contributed by atoms with Crippen LogP contribution in [0.5, 0.6) is 17.2 Å². The molecule has 142 valence electrons. The lowest BCUT2D eigenvalue weighted by molar-refractivity contribution is 0.0993. The lowest BCUT2D eigenvalue weighted by Gasteiger charge is -2.28. The highest BCUT2D eigenvalue weighted by Crippen LogP contribution is 2.48. The maximum absolute atomic E-state index is 13.3. The summed E-state index contributed by atoms with van der Waals surface area (Å²) in [5, 5.41) is 0. The number of para-hydroxylation sites is 1. The maximum atomic E-state index is 13.3. The Morgan fingerprint density at radius 3 is 2.00 bits per heavy atom. The van der Waals surface area contributed by atoms with E-state index >= 15 is 0 Å². The lowest BCUT2D eigenvalue weighted by atomic mass is 9.95. The normalized spacial score (nSPS) is 15.3. The zero-order chi connectivity index (χ0) is 19.7. The number of nitrogens with zero attached hydrogens (tertiary/aromatic N) is 1. The third kappa shape index (κ3) is 2.76. The largest absolute Gasteiger partial charge is 0.496 e. The highest BCUT2D eigenvalue weighted by molar-refractivity contribution is 6.12. The molecular formula is C23H21NO4. The van der Waals surface area contributed by atoms with E-state index in [0.717, 1.165) is 16.8 Å². The monoisotopic (exact) mass is 375 g/mol. The van der Waals surface area contributed by atoms with Crippen LogP contribution in [-0.2, 0) is 0 Å². The fourth-order valence-corrected chi connectivity index (χ4v) is 3.76. The molecule has 1 aliphatic rings. The van der Waals surface area contributed by atoms with E-state index in [1.807, 2.05) is 66.7 Å². The Morgan fingerprint density at radius 1 is 0.786 bits per heavy atom. The van der Waals surface area contributed by atoms with Crippen LogP contribution in [0.4, 0.5) is 5.69 Å². The van der Waals surface area contributed by atoms with Gasteiger partial charge >= 0.3 is 0 Å². The average molecular weight is 375 g/mol. The molecule has 0 saturated heterocycles. The van der Waals surface area contributed by atoms with Crippen LogP contribution < -0.4 is 19.1 Å². The fourth-order valence-electron chi connectivity index (χ4n) is 3.76. The topological polar surface area (TPSA) is 48.0 Å². The molecule has 0 spiro atoms. The van der Waals surface area contributed by atoms with Gasteiger partial charge in [0.05, 0.1) is 32.9 Å². The van der Waals surface area contributed by atoms with Gasteiger partial charge in [-0.2, -0.15) is 0 Å². The highest BCUT2D eigenvalue weighted by Gasteiger charge is 2.41. The highest BCUT2D eigenvalue weighted by atomic mass is 16.5. The molecule has 3 aromatic carbocycles. The minimum absolute atomic E-state index is 0.0493. The Morgan fingerprint density at radius 2 is 1.39 bits per heavy atom. The molecule has 0 aromatic heterocycles. The third-order valence-electron chi connectivity index (χ3n) is 5.02. The van der Waals surface area contributed by atoms with Crippen LogP contribution in [-0.4, -0.2) is 27.2 Å². The van der Waals surface area contributed by atoms with E-state index in [-0.39, 0.29) is 11.9 Å². The van der Waals surface area contributed by atoms with Crippen molar-refractivity contribution in [2.24, 2.45) is 0 Å². The second-order valence-electron chi connectivity index (χ2n) is 6.45. The first-order chi connectivity index (χ1) is 13.7.